The number of nitrogens with one attached hydrogen (secondary N) is 1. The van der Waals surface area contributed by atoms with Crippen LogP contribution >= 0.6 is 0 Å². The minimum absolute atomic E-state index is 0.00662. The third kappa shape index (κ3) is 2.97. The summed E-state index contributed by atoms with van der Waals surface area (Å²) in [6.07, 6.45) is 3.40. The van der Waals surface area contributed by atoms with Crippen LogP contribution in [0.2, 0.25) is 0 Å². The summed E-state index contributed by atoms with van der Waals surface area (Å²) in [5.41, 5.74) is -2.03. The molecule has 8 heteroatoms. The van der Waals surface area contributed by atoms with Crippen LogP contribution in [0.5, 0.6) is 0 Å². The first-order valence-electron chi connectivity index (χ1n) is 8.21. The van der Waals surface area contributed by atoms with Gasteiger partial charge >= 0.3 is 5.69 Å². The van der Waals surface area contributed by atoms with E-state index in [1.165, 1.54) is 10.8 Å². The molecule has 1 aromatic rings. The molecule has 1 saturated heterocycles. The molecule has 0 saturated carbocycles. The maximum absolute atomic E-state index is 12.7. The quantitative estimate of drug-likeness (QED) is 0.797. The number of hydrogen-bond donors (Lipinski definition) is 1. The largest absolute Gasteiger partial charge is 0.355 e. The molecule has 0 aromatic carbocycles. The molecular formula is C17H21N3O5. The highest BCUT2D eigenvalue weighted by Crippen LogP contribution is 2.29. The highest BCUT2D eigenvalue weighted by Gasteiger charge is 2.40. The molecule has 2 atom stereocenters. The van der Waals surface area contributed by atoms with Crippen LogP contribution in [0, 0.1) is 0 Å². The lowest BCUT2D eigenvalue weighted by atomic mass is 10.1. The fraction of sp³-hybridized carbons (Fsp3) is 0.529. The van der Waals surface area contributed by atoms with E-state index < -0.39 is 34.8 Å². The van der Waals surface area contributed by atoms with Gasteiger partial charge in [-0.3, -0.25) is 28.8 Å². The lowest BCUT2D eigenvalue weighted by Gasteiger charge is -2.30. The average Bonchev–Trinajstić information content (AvgIpc) is 3.02. The Bertz CT molecular complexity index is 887. The van der Waals surface area contributed by atoms with Crippen LogP contribution in [0.25, 0.3) is 5.57 Å². The lowest BCUT2D eigenvalue weighted by Crippen LogP contribution is -2.46. The van der Waals surface area contributed by atoms with Gasteiger partial charge in [0.2, 0.25) is 0 Å². The fourth-order valence-corrected chi connectivity index (χ4v) is 3.18. The summed E-state index contributed by atoms with van der Waals surface area (Å²) < 4.78 is 6.94. The minimum atomic E-state index is -0.711. The second kappa shape index (κ2) is 5.80. The average molecular weight is 347 g/mol. The molecule has 1 fully saturated rings. The molecule has 0 aliphatic carbocycles. The van der Waals surface area contributed by atoms with Gasteiger partial charge in [-0.2, -0.15) is 0 Å². The van der Waals surface area contributed by atoms with E-state index >= 15 is 0 Å². The standard InChI is InChI=1S/C17H21N3O5/c1-9-5-6-13(25-9)19-8-11(14(22)18-16(19)24)10-7-12(21)20(15(10)23)17(2,3)4/h7-9,13H,5-6H2,1-4H3,(H,18,22,24). The number of hydrogen-bond acceptors (Lipinski definition) is 5. The van der Waals surface area contributed by atoms with Crippen molar-refractivity contribution in [1.29, 1.82) is 0 Å². The number of carbonyl (C=O) groups is 2. The summed E-state index contributed by atoms with van der Waals surface area (Å²) in [6.45, 7) is 7.11. The Hall–Kier alpha value is -2.48. The predicted molar refractivity (Wildman–Crippen MR) is 89.7 cm³/mol. The molecular weight excluding hydrogens is 326 g/mol. The van der Waals surface area contributed by atoms with Crippen molar-refractivity contribution in [2.75, 3.05) is 0 Å². The molecule has 2 aliphatic heterocycles. The summed E-state index contributed by atoms with van der Waals surface area (Å²) in [5, 5.41) is 0. The van der Waals surface area contributed by atoms with Gasteiger partial charge < -0.3 is 4.74 Å². The van der Waals surface area contributed by atoms with Gasteiger partial charge in [0.05, 0.1) is 17.2 Å². The van der Waals surface area contributed by atoms with Gasteiger partial charge in [0, 0.05) is 17.8 Å². The summed E-state index contributed by atoms with van der Waals surface area (Å²) in [6, 6.07) is 0. The summed E-state index contributed by atoms with van der Waals surface area (Å²) >= 11 is 0. The highest BCUT2D eigenvalue weighted by molar-refractivity contribution is 6.33. The molecule has 0 bridgehead atoms. The Balaban J connectivity index is 2.05. The Labute approximate surface area is 144 Å². The Morgan fingerprint density at radius 2 is 1.84 bits per heavy atom. The number of imide groups is 1. The fourth-order valence-electron chi connectivity index (χ4n) is 3.18. The smallest absolute Gasteiger partial charge is 0.330 e. The summed E-state index contributed by atoms with van der Waals surface area (Å²) in [4.78, 5) is 52.5. The van der Waals surface area contributed by atoms with Gasteiger partial charge in [-0.05, 0) is 40.5 Å². The molecule has 2 aliphatic rings. The van der Waals surface area contributed by atoms with Crippen LogP contribution < -0.4 is 11.2 Å². The van der Waals surface area contributed by atoms with Crippen LogP contribution in [0.3, 0.4) is 0 Å². The van der Waals surface area contributed by atoms with Crippen molar-refractivity contribution in [1.82, 2.24) is 14.5 Å². The summed E-state index contributed by atoms with van der Waals surface area (Å²) in [7, 11) is 0. The van der Waals surface area contributed by atoms with E-state index in [1.54, 1.807) is 20.8 Å². The highest BCUT2D eigenvalue weighted by atomic mass is 16.5. The number of ether oxygens (including phenoxy) is 1. The first kappa shape index (κ1) is 17.3. The number of amides is 2. The van der Waals surface area contributed by atoms with Crippen LogP contribution in [0.4, 0.5) is 0 Å². The van der Waals surface area contributed by atoms with Crippen molar-refractivity contribution in [3.05, 3.63) is 38.7 Å². The lowest BCUT2D eigenvalue weighted by molar-refractivity contribution is -0.141. The van der Waals surface area contributed by atoms with Crippen molar-refractivity contribution in [3.63, 3.8) is 0 Å². The van der Waals surface area contributed by atoms with Crippen LogP contribution in [0.15, 0.2) is 21.9 Å². The number of rotatable bonds is 2. The molecule has 2 amide bonds. The second-order valence-electron chi connectivity index (χ2n) is 7.40. The van der Waals surface area contributed by atoms with E-state index in [2.05, 4.69) is 4.98 Å². The van der Waals surface area contributed by atoms with E-state index in [-0.39, 0.29) is 17.2 Å². The van der Waals surface area contributed by atoms with Gasteiger partial charge in [0.15, 0.2) is 0 Å². The molecule has 2 unspecified atom stereocenters. The zero-order chi connectivity index (χ0) is 18.5. The van der Waals surface area contributed by atoms with Crippen molar-refractivity contribution in [2.45, 2.75) is 58.4 Å². The number of nitrogens with zero attached hydrogens (tertiary/aromatic N) is 2. The maximum atomic E-state index is 12.7. The monoisotopic (exact) mass is 347 g/mol. The number of aromatic nitrogens is 2. The van der Waals surface area contributed by atoms with E-state index in [4.69, 9.17) is 4.74 Å². The van der Waals surface area contributed by atoms with Gasteiger partial charge in [0.25, 0.3) is 17.4 Å². The third-order valence-corrected chi connectivity index (χ3v) is 4.37. The molecule has 25 heavy (non-hydrogen) atoms. The molecule has 3 heterocycles. The van der Waals surface area contributed by atoms with Crippen molar-refractivity contribution in [2.24, 2.45) is 0 Å². The molecule has 1 aromatic heterocycles. The molecule has 0 spiro atoms. The van der Waals surface area contributed by atoms with E-state index in [0.717, 1.165) is 17.4 Å². The third-order valence-electron chi connectivity index (χ3n) is 4.37. The zero-order valence-corrected chi connectivity index (χ0v) is 14.7. The minimum Gasteiger partial charge on any atom is -0.355 e. The number of aromatic amines is 1. The van der Waals surface area contributed by atoms with Crippen LogP contribution in [0.1, 0.15) is 52.3 Å². The SMILES string of the molecule is CC1CCC(n2cc(C3=CC(=O)N(C(C)(C)C)C3=O)c(=O)[nH]c2=O)O1. The van der Waals surface area contributed by atoms with Crippen molar-refractivity contribution in [3.8, 4) is 0 Å². The Morgan fingerprint density at radius 3 is 2.36 bits per heavy atom. The van der Waals surface area contributed by atoms with Gasteiger partial charge in [-0.25, -0.2) is 4.79 Å². The van der Waals surface area contributed by atoms with E-state index in [0.29, 0.717) is 6.42 Å². The van der Waals surface area contributed by atoms with E-state index in [9.17, 15) is 19.2 Å². The molecule has 3 rings (SSSR count). The van der Waals surface area contributed by atoms with Crippen LogP contribution in [-0.4, -0.2) is 37.9 Å². The molecule has 0 radical (unpaired) electrons. The second-order valence-corrected chi connectivity index (χ2v) is 7.40. The van der Waals surface area contributed by atoms with Gasteiger partial charge in [-0.1, -0.05) is 0 Å². The van der Waals surface area contributed by atoms with Crippen LogP contribution in [-0.2, 0) is 14.3 Å². The van der Waals surface area contributed by atoms with Gasteiger partial charge in [0.1, 0.15) is 6.23 Å². The molecule has 134 valence electrons. The number of carbonyl (C=O) groups excluding carboxylic acids is 2. The zero-order valence-electron chi connectivity index (χ0n) is 14.7. The molecule has 8 nitrogen and oxygen atoms in total. The predicted octanol–water partition coefficient (Wildman–Crippen LogP) is 0.785. The topological polar surface area (TPSA) is 101 Å². The Kier molecular flexibility index (Phi) is 4.03. The molecule has 1 N–H and O–H groups in total. The first-order chi connectivity index (χ1) is 11.6. The van der Waals surface area contributed by atoms with Gasteiger partial charge in [-0.15, -0.1) is 0 Å². The van der Waals surface area contributed by atoms with Crippen molar-refractivity contribution >= 4 is 17.4 Å². The Morgan fingerprint density at radius 1 is 1.16 bits per heavy atom. The first-order valence-corrected chi connectivity index (χ1v) is 8.21. The number of H-pyrrole nitrogens is 1. The van der Waals surface area contributed by atoms with E-state index in [1.807, 2.05) is 6.92 Å². The van der Waals surface area contributed by atoms with Crippen molar-refractivity contribution < 1.29 is 14.3 Å². The maximum Gasteiger partial charge on any atom is 0.330 e. The normalized spacial score (nSPS) is 24.2. The summed E-state index contributed by atoms with van der Waals surface area (Å²) in [5.74, 6) is -1.02.